The van der Waals surface area contributed by atoms with Gasteiger partial charge in [-0.25, -0.2) is 4.98 Å². The molecule has 0 fully saturated rings. The van der Waals surface area contributed by atoms with Crippen molar-refractivity contribution in [3.8, 4) is 0 Å². The second kappa shape index (κ2) is 5.13. The third-order valence-corrected chi connectivity index (χ3v) is 2.89. The molecule has 0 amide bonds. The number of imidazole rings is 1. The van der Waals surface area contributed by atoms with Crippen LogP contribution in [0.2, 0.25) is 0 Å². The number of nitrogens with zero attached hydrogens (tertiary/aromatic N) is 2. The van der Waals surface area contributed by atoms with Gasteiger partial charge >= 0.3 is 0 Å². The maximum Gasteiger partial charge on any atom is 0.131 e. The van der Waals surface area contributed by atoms with Crippen molar-refractivity contribution in [1.82, 2.24) is 9.55 Å². The molecule has 17 heavy (non-hydrogen) atoms. The molecule has 0 radical (unpaired) electrons. The van der Waals surface area contributed by atoms with Crippen molar-refractivity contribution in [2.75, 3.05) is 0 Å². The first-order valence-electron chi connectivity index (χ1n) is 6.16. The van der Waals surface area contributed by atoms with Gasteiger partial charge < -0.3 is 4.57 Å². The van der Waals surface area contributed by atoms with Crippen molar-refractivity contribution in [2.24, 2.45) is 0 Å². The number of carbonyl (C=O) groups excluding carboxylic acids is 1. The molecule has 1 aromatic carbocycles. The lowest BCUT2D eigenvalue weighted by Crippen LogP contribution is -2.06. The number of hydrogen-bond acceptors (Lipinski definition) is 2. The molecule has 0 saturated carbocycles. The molecule has 2 aromatic rings. The fourth-order valence-corrected chi connectivity index (χ4v) is 2.06. The van der Waals surface area contributed by atoms with Gasteiger partial charge in [-0.15, -0.1) is 0 Å². The molecular weight excluding hydrogens is 212 g/mol. The molecule has 0 aliphatic carbocycles. The fourth-order valence-electron chi connectivity index (χ4n) is 2.06. The molecule has 0 aliphatic heterocycles. The molecule has 0 N–H and O–H groups in total. The summed E-state index contributed by atoms with van der Waals surface area (Å²) in [5.74, 6) is 1.32. The van der Waals surface area contributed by atoms with Crippen molar-refractivity contribution in [1.29, 1.82) is 0 Å². The summed E-state index contributed by atoms with van der Waals surface area (Å²) in [6, 6.07) is 8.12. The SMILES string of the molecule is CCCc1nc2ccccc2n1CCC(C)=O. The lowest BCUT2D eigenvalue weighted by molar-refractivity contribution is -0.117. The van der Waals surface area contributed by atoms with E-state index >= 15 is 0 Å². The van der Waals surface area contributed by atoms with E-state index in [1.807, 2.05) is 18.2 Å². The zero-order valence-electron chi connectivity index (χ0n) is 10.4. The van der Waals surface area contributed by atoms with Crippen LogP contribution in [-0.4, -0.2) is 15.3 Å². The third-order valence-electron chi connectivity index (χ3n) is 2.89. The lowest BCUT2D eigenvalue weighted by atomic mass is 10.2. The van der Waals surface area contributed by atoms with E-state index in [2.05, 4.69) is 22.5 Å². The van der Waals surface area contributed by atoms with E-state index in [1.54, 1.807) is 6.92 Å². The topological polar surface area (TPSA) is 34.9 Å². The van der Waals surface area contributed by atoms with Gasteiger partial charge in [0, 0.05) is 19.4 Å². The highest BCUT2D eigenvalue weighted by molar-refractivity contribution is 5.77. The van der Waals surface area contributed by atoms with E-state index in [-0.39, 0.29) is 5.78 Å². The minimum Gasteiger partial charge on any atom is -0.328 e. The highest BCUT2D eigenvalue weighted by Crippen LogP contribution is 2.17. The minimum atomic E-state index is 0.227. The highest BCUT2D eigenvalue weighted by atomic mass is 16.1. The molecule has 3 nitrogen and oxygen atoms in total. The Kier molecular flexibility index (Phi) is 3.57. The molecule has 0 saturated heterocycles. The summed E-state index contributed by atoms with van der Waals surface area (Å²) in [7, 11) is 0. The van der Waals surface area contributed by atoms with Gasteiger partial charge in [-0.2, -0.15) is 0 Å². The molecule has 0 unspecified atom stereocenters. The largest absolute Gasteiger partial charge is 0.328 e. The summed E-state index contributed by atoms with van der Waals surface area (Å²) in [6.45, 7) is 4.53. The number of aryl methyl sites for hydroxylation is 2. The van der Waals surface area contributed by atoms with Crippen LogP contribution in [0.25, 0.3) is 11.0 Å². The second-order valence-corrected chi connectivity index (χ2v) is 4.37. The Hall–Kier alpha value is -1.64. The molecule has 1 aromatic heterocycles. The molecule has 90 valence electrons. The number of para-hydroxylation sites is 2. The van der Waals surface area contributed by atoms with E-state index < -0.39 is 0 Å². The molecule has 3 heteroatoms. The van der Waals surface area contributed by atoms with Gasteiger partial charge in [0.15, 0.2) is 0 Å². The average molecular weight is 230 g/mol. The van der Waals surface area contributed by atoms with Gasteiger partial charge in [0.1, 0.15) is 11.6 Å². The second-order valence-electron chi connectivity index (χ2n) is 4.37. The maximum atomic E-state index is 11.1. The van der Waals surface area contributed by atoms with Gasteiger partial charge in [-0.1, -0.05) is 19.1 Å². The normalized spacial score (nSPS) is 10.9. The van der Waals surface area contributed by atoms with E-state index in [1.165, 1.54) is 0 Å². The number of carbonyl (C=O) groups is 1. The number of aromatic nitrogens is 2. The van der Waals surface area contributed by atoms with Crippen LogP contribution in [-0.2, 0) is 17.8 Å². The van der Waals surface area contributed by atoms with Crippen molar-refractivity contribution < 1.29 is 4.79 Å². The van der Waals surface area contributed by atoms with Gasteiger partial charge in [-0.05, 0) is 25.5 Å². The molecule has 0 bridgehead atoms. The number of hydrogen-bond donors (Lipinski definition) is 0. The quantitative estimate of drug-likeness (QED) is 0.791. The van der Waals surface area contributed by atoms with E-state index in [9.17, 15) is 4.79 Å². The molecule has 0 spiro atoms. The molecule has 1 heterocycles. The van der Waals surface area contributed by atoms with Crippen molar-refractivity contribution >= 4 is 16.8 Å². The Balaban J connectivity index is 2.40. The Morgan fingerprint density at radius 3 is 2.82 bits per heavy atom. The number of Topliss-reactive ketones (excluding diaryl/α,β-unsaturated/α-hetero) is 1. The third kappa shape index (κ3) is 2.54. The molecule has 0 aliphatic rings. The number of fused-ring (bicyclic) bond motifs is 1. The Morgan fingerprint density at radius 2 is 2.12 bits per heavy atom. The zero-order chi connectivity index (χ0) is 12.3. The fraction of sp³-hybridized carbons (Fsp3) is 0.429. The number of benzene rings is 1. The van der Waals surface area contributed by atoms with Crippen LogP contribution >= 0.6 is 0 Å². The van der Waals surface area contributed by atoms with Gasteiger partial charge in [0.25, 0.3) is 0 Å². The summed E-state index contributed by atoms with van der Waals surface area (Å²) in [5.41, 5.74) is 2.16. The van der Waals surface area contributed by atoms with Crippen LogP contribution in [0.4, 0.5) is 0 Å². The average Bonchev–Trinajstić information content (AvgIpc) is 2.64. The summed E-state index contributed by atoms with van der Waals surface area (Å²) >= 11 is 0. The maximum absolute atomic E-state index is 11.1. The van der Waals surface area contributed by atoms with Crippen LogP contribution in [0.3, 0.4) is 0 Å². The van der Waals surface area contributed by atoms with E-state index in [0.29, 0.717) is 6.42 Å². The monoisotopic (exact) mass is 230 g/mol. The standard InChI is InChI=1S/C14H18N2O/c1-3-6-14-15-12-7-4-5-8-13(12)16(14)10-9-11(2)17/h4-5,7-8H,3,6,9-10H2,1-2H3. The zero-order valence-corrected chi connectivity index (χ0v) is 10.4. The summed E-state index contributed by atoms with van der Waals surface area (Å²) < 4.78 is 2.18. The Bertz CT molecular complexity index is 528. The first-order valence-corrected chi connectivity index (χ1v) is 6.16. The van der Waals surface area contributed by atoms with Crippen molar-refractivity contribution in [2.45, 2.75) is 39.7 Å². The van der Waals surface area contributed by atoms with Crippen LogP contribution in [0.1, 0.15) is 32.5 Å². The van der Waals surface area contributed by atoms with Gasteiger partial charge in [-0.3, -0.25) is 4.79 Å². The molecule has 2 rings (SSSR count). The van der Waals surface area contributed by atoms with E-state index in [0.717, 1.165) is 36.2 Å². The van der Waals surface area contributed by atoms with Crippen LogP contribution in [0.5, 0.6) is 0 Å². The van der Waals surface area contributed by atoms with Crippen LogP contribution < -0.4 is 0 Å². The van der Waals surface area contributed by atoms with Crippen LogP contribution in [0.15, 0.2) is 24.3 Å². The summed E-state index contributed by atoms with van der Waals surface area (Å²) in [6.07, 6.45) is 2.62. The first-order chi connectivity index (χ1) is 8.22. The van der Waals surface area contributed by atoms with E-state index in [4.69, 9.17) is 0 Å². The van der Waals surface area contributed by atoms with Crippen molar-refractivity contribution in [3.63, 3.8) is 0 Å². The number of ketones is 1. The summed E-state index contributed by atoms with van der Waals surface area (Å²) in [4.78, 5) is 15.7. The molecule has 0 atom stereocenters. The van der Waals surface area contributed by atoms with Gasteiger partial charge in [0.05, 0.1) is 11.0 Å². The number of rotatable bonds is 5. The lowest BCUT2D eigenvalue weighted by Gasteiger charge is -2.07. The summed E-state index contributed by atoms with van der Waals surface area (Å²) in [5, 5.41) is 0. The minimum absolute atomic E-state index is 0.227. The Labute approximate surface area is 101 Å². The predicted molar refractivity (Wildman–Crippen MR) is 69.0 cm³/mol. The molecular formula is C14H18N2O. The predicted octanol–water partition coefficient (Wildman–Crippen LogP) is 2.97. The van der Waals surface area contributed by atoms with Crippen molar-refractivity contribution in [3.05, 3.63) is 30.1 Å². The Morgan fingerprint density at radius 1 is 1.35 bits per heavy atom. The first kappa shape index (κ1) is 11.8. The highest BCUT2D eigenvalue weighted by Gasteiger charge is 2.09. The van der Waals surface area contributed by atoms with Gasteiger partial charge in [0.2, 0.25) is 0 Å². The smallest absolute Gasteiger partial charge is 0.131 e. The van der Waals surface area contributed by atoms with Crippen LogP contribution in [0, 0.1) is 0 Å².